The van der Waals surface area contributed by atoms with E-state index in [1.165, 1.54) is 42.6 Å². The Morgan fingerprint density at radius 1 is 1.08 bits per heavy atom. The summed E-state index contributed by atoms with van der Waals surface area (Å²) in [6.45, 7) is 6.47. The minimum absolute atomic E-state index is 0.344. The number of ether oxygens (including phenoxy) is 2. The number of benzene rings is 2. The van der Waals surface area contributed by atoms with E-state index in [9.17, 15) is 0 Å². The molecule has 0 saturated carbocycles. The molecular weight excluding hydrogens is 324 g/mol. The van der Waals surface area contributed by atoms with Gasteiger partial charge in [0.1, 0.15) is 13.5 Å². The second kappa shape index (κ2) is 8.21. The molecule has 5 rings (SSSR count). The lowest BCUT2D eigenvalue weighted by Crippen LogP contribution is -2.51. The minimum atomic E-state index is 0.344. The third kappa shape index (κ3) is 4.09. The number of hydrogen-bond acceptors (Lipinski definition) is 4. The number of nitrogens with zero attached hydrogens (tertiary/aromatic N) is 1. The summed E-state index contributed by atoms with van der Waals surface area (Å²) in [5, 5.41) is 3.40. The van der Waals surface area contributed by atoms with Gasteiger partial charge in [-0.15, -0.1) is 0 Å². The van der Waals surface area contributed by atoms with Crippen LogP contribution in [0, 0.1) is 12.8 Å². The Labute approximate surface area is 156 Å². The molecule has 1 atom stereocenters. The first-order valence-electron chi connectivity index (χ1n) is 9.61. The summed E-state index contributed by atoms with van der Waals surface area (Å²) in [4.78, 5) is 2.50. The lowest BCUT2D eigenvalue weighted by molar-refractivity contribution is -0.137. The van der Waals surface area contributed by atoms with Crippen molar-refractivity contribution in [3.05, 3.63) is 54.1 Å². The molecule has 3 aliphatic heterocycles. The van der Waals surface area contributed by atoms with Gasteiger partial charge in [0.2, 0.25) is 0 Å². The molecule has 3 heterocycles. The average Bonchev–Trinajstić information content (AvgIpc) is 2.70. The standard InChI is InChI=1S/C22H28N2O2/c1-17-7-8-21(20(13-17)18-5-3-2-4-6-18)23-15-25-16-26-22-14-24-11-9-19(22)10-12-24/h2-8,13,19,22-23H,9-12,14-16H2,1H3. The molecule has 2 bridgehead atoms. The molecule has 4 nitrogen and oxygen atoms in total. The van der Waals surface area contributed by atoms with Crippen LogP contribution >= 0.6 is 0 Å². The highest BCUT2D eigenvalue weighted by atomic mass is 16.7. The van der Waals surface area contributed by atoms with E-state index >= 15 is 0 Å². The van der Waals surface area contributed by atoms with Crippen LogP contribution in [0.4, 0.5) is 5.69 Å². The van der Waals surface area contributed by atoms with Gasteiger partial charge in [-0.3, -0.25) is 0 Å². The molecule has 1 N–H and O–H groups in total. The number of hydrogen-bond donors (Lipinski definition) is 1. The van der Waals surface area contributed by atoms with Crippen LogP contribution in [-0.2, 0) is 9.47 Å². The fourth-order valence-corrected chi connectivity index (χ4v) is 4.07. The number of aryl methyl sites for hydroxylation is 1. The van der Waals surface area contributed by atoms with Crippen molar-refractivity contribution >= 4 is 5.69 Å². The number of rotatable bonds is 7. The molecule has 3 aliphatic rings. The van der Waals surface area contributed by atoms with E-state index in [2.05, 4.69) is 59.6 Å². The van der Waals surface area contributed by atoms with Crippen LogP contribution in [0.3, 0.4) is 0 Å². The van der Waals surface area contributed by atoms with Crippen molar-refractivity contribution < 1.29 is 9.47 Å². The van der Waals surface area contributed by atoms with Crippen molar-refractivity contribution in [3.63, 3.8) is 0 Å². The molecule has 4 heteroatoms. The van der Waals surface area contributed by atoms with Crippen molar-refractivity contribution in [1.82, 2.24) is 4.90 Å². The Hall–Kier alpha value is -1.88. The summed E-state index contributed by atoms with van der Waals surface area (Å²) in [7, 11) is 0. The zero-order chi connectivity index (χ0) is 17.8. The van der Waals surface area contributed by atoms with Crippen molar-refractivity contribution in [2.75, 3.05) is 38.5 Å². The van der Waals surface area contributed by atoms with Gasteiger partial charge in [-0.2, -0.15) is 0 Å². The van der Waals surface area contributed by atoms with E-state index in [4.69, 9.17) is 9.47 Å². The Morgan fingerprint density at radius 2 is 1.88 bits per heavy atom. The summed E-state index contributed by atoms with van der Waals surface area (Å²) in [6, 6.07) is 16.9. The molecule has 2 aromatic carbocycles. The van der Waals surface area contributed by atoms with Crippen LogP contribution in [0.15, 0.2) is 48.5 Å². The van der Waals surface area contributed by atoms with Gasteiger partial charge in [-0.1, -0.05) is 42.0 Å². The van der Waals surface area contributed by atoms with Crippen LogP contribution in [0.5, 0.6) is 0 Å². The molecule has 26 heavy (non-hydrogen) atoms. The maximum absolute atomic E-state index is 5.98. The van der Waals surface area contributed by atoms with Crippen LogP contribution in [0.1, 0.15) is 18.4 Å². The number of nitrogens with one attached hydrogen (secondary N) is 1. The lowest BCUT2D eigenvalue weighted by atomic mass is 9.86. The van der Waals surface area contributed by atoms with Gasteiger partial charge in [-0.25, -0.2) is 0 Å². The minimum Gasteiger partial charge on any atom is -0.362 e. The van der Waals surface area contributed by atoms with E-state index in [0.717, 1.165) is 18.2 Å². The van der Waals surface area contributed by atoms with Crippen LogP contribution in [-0.4, -0.2) is 44.2 Å². The monoisotopic (exact) mass is 352 g/mol. The van der Waals surface area contributed by atoms with E-state index < -0.39 is 0 Å². The van der Waals surface area contributed by atoms with Gasteiger partial charge in [0.05, 0.1) is 6.10 Å². The van der Waals surface area contributed by atoms with E-state index in [1.54, 1.807) is 0 Å². The Balaban J connectivity index is 1.28. The van der Waals surface area contributed by atoms with Gasteiger partial charge in [0.15, 0.2) is 0 Å². The maximum Gasteiger partial charge on any atom is 0.149 e. The summed E-state index contributed by atoms with van der Waals surface area (Å²) >= 11 is 0. The number of fused-ring (bicyclic) bond motifs is 3. The molecule has 0 aliphatic carbocycles. The Bertz CT molecular complexity index is 711. The second-order valence-corrected chi connectivity index (χ2v) is 7.40. The van der Waals surface area contributed by atoms with Gasteiger partial charge >= 0.3 is 0 Å². The van der Waals surface area contributed by atoms with Crippen molar-refractivity contribution in [3.8, 4) is 11.1 Å². The molecule has 0 spiro atoms. The quantitative estimate of drug-likeness (QED) is 0.600. The van der Waals surface area contributed by atoms with Gasteiger partial charge in [-0.05, 0) is 56.5 Å². The maximum atomic E-state index is 5.98. The predicted molar refractivity (Wildman–Crippen MR) is 105 cm³/mol. The van der Waals surface area contributed by atoms with Crippen molar-refractivity contribution in [2.45, 2.75) is 25.9 Å². The molecule has 2 aromatic rings. The molecule has 3 saturated heterocycles. The highest BCUT2D eigenvalue weighted by Crippen LogP contribution is 2.30. The fourth-order valence-electron chi connectivity index (χ4n) is 4.07. The van der Waals surface area contributed by atoms with Gasteiger partial charge < -0.3 is 19.7 Å². The Morgan fingerprint density at radius 3 is 2.62 bits per heavy atom. The molecule has 3 fully saturated rings. The van der Waals surface area contributed by atoms with E-state index in [1.807, 2.05) is 6.07 Å². The smallest absolute Gasteiger partial charge is 0.149 e. The van der Waals surface area contributed by atoms with Crippen LogP contribution in [0.25, 0.3) is 11.1 Å². The first-order valence-corrected chi connectivity index (χ1v) is 9.61. The summed E-state index contributed by atoms with van der Waals surface area (Å²) < 4.78 is 11.7. The molecule has 0 radical (unpaired) electrons. The third-order valence-corrected chi connectivity index (χ3v) is 5.59. The Kier molecular flexibility index (Phi) is 5.54. The fraction of sp³-hybridized carbons (Fsp3) is 0.455. The zero-order valence-electron chi connectivity index (χ0n) is 15.5. The molecule has 0 aromatic heterocycles. The van der Waals surface area contributed by atoms with Crippen LogP contribution < -0.4 is 5.32 Å². The number of piperidine rings is 3. The van der Waals surface area contributed by atoms with Crippen molar-refractivity contribution in [1.29, 1.82) is 0 Å². The highest BCUT2D eigenvalue weighted by molar-refractivity contribution is 5.78. The molecule has 1 unspecified atom stereocenters. The average molecular weight is 352 g/mol. The zero-order valence-corrected chi connectivity index (χ0v) is 15.5. The first-order chi connectivity index (χ1) is 12.8. The predicted octanol–water partition coefficient (Wildman–Crippen LogP) is 4.12. The number of anilines is 1. The topological polar surface area (TPSA) is 33.7 Å². The summed E-state index contributed by atoms with van der Waals surface area (Å²) in [5.74, 6) is 0.721. The third-order valence-electron chi connectivity index (χ3n) is 5.59. The summed E-state index contributed by atoms with van der Waals surface area (Å²) in [5.41, 5.74) is 4.75. The normalized spacial score (nSPS) is 24.6. The van der Waals surface area contributed by atoms with Gasteiger partial charge in [0.25, 0.3) is 0 Å². The van der Waals surface area contributed by atoms with Gasteiger partial charge in [0, 0.05) is 17.8 Å². The first kappa shape index (κ1) is 17.5. The summed E-state index contributed by atoms with van der Waals surface area (Å²) in [6.07, 6.45) is 2.89. The molecular formula is C22H28N2O2. The highest BCUT2D eigenvalue weighted by Gasteiger charge is 2.34. The SMILES string of the molecule is Cc1ccc(NCOCOC2CN3CCC2CC3)c(-c2ccccc2)c1. The largest absolute Gasteiger partial charge is 0.362 e. The van der Waals surface area contributed by atoms with E-state index in [-0.39, 0.29) is 0 Å². The second-order valence-electron chi connectivity index (χ2n) is 7.40. The lowest BCUT2D eigenvalue weighted by Gasteiger charge is -2.44. The molecule has 0 amide bonds. The van der Waals surface area contributed by atoms with Crippen LogP contribution in [0.2, 0.25) is 0 Å². The van der Waals surface area contributed by atoms with E-state index in [0.29, 0.717) is 19.6 Å². The van der Waals surface area contributed by atoms with Crippen molar-refractivity contribution in [2.24, 2.45) is 5.92 Å². The molecule has 138 valence electrons.